The third-order valence-electron chi connectivity index (χ3n) is 3.54. The fourth-order valence-electron chi connectivity index (χ4n) is 2.42. The highest BCUT2D eigenvalue weighted by molar-refractivity contribution is 5.95. The van der Waals surface area contributed by atoms with E-state index in [0.29, 0.717) is 6.54 Å². The van der Waals surface area contributed by atoms with E-state index in [0.717, 1.165) is 30.6 Å². The van der Waals surface area contributed by atoms with Crippen LogP contribution in [0.25, 0.3) is 0 Å². The second kappa shape index (κ2) is 5.40. The van der Waals surface area contributed by atoms with E-state index in [4.69, 9.17) is 5.73 Å². The molecule has 18 heavy (non-hydrogen) atoms. The molecule has 2 rings (SSSR count). The summed E-state index contributed by atoms with van der Waals surface area (Å²) in [4.78, 5) is 16.3. The number of benzene rings is 1. The molecule has 1 aliphatic heterocycles. The van der Waals surface area contributed by atoms with Gasteiger partial charge < -0.3 is 15.5 Å². The third kappa shape index (κ3) is 2.48. The zero-order valence-corrected chi connectivity index (χ0v) is 11.1. The highest BCUT2D eigenvalue weighted by Gasteiger charge is 2.28. The first-order valence-corrected chi connectivity index (χ1v) is 6.42. The lowest BCUT2D eigenvalue weighted by Crippen LogP contribution is -2.39. The lowest BCUT2D eigenvalue weighted by atomic mass is 10.1. The Hall–Kier alpha value is -1.55. The molecule has 4 nitrogen and oxygen atoms in total. The van der Waals surface area contributed by atoms with Gasteiger partial charge in [-0.05, 0) is 37.1 Å². The maximum absolute atomic E-state index is 12.4. The number of amides is 1. The number of anilines is 1. The molecule has 0 saturated carbocycles. The molecule has 98 valence electrons. The molecule has 0 bridgehead atoms. The Bertz CT molecular complexity index is 414. The molecular formula is C14H21N3O. The number of carbonyl (C=O) groups excluding carboxylic acids is 1. The van der Waals surface area contributed by atoms with Crippen LogP contribution in [0.4, 0.5) is 5.69 Å². The van der Waals surface area contributed by atoms with E-state index in [1.807, 2.05) is 48.2 Å². The van der Waals surface area contributed by atoms with E-state index < -0.39 is 0 Å². The first-order valence-electron chi connectivity index (χ1n) is 6.42. The summed E-state index contributed by atoms with van der Waals surface area (Å²) in [5.41, 5.74) is 7.55. The fraction of sp³-hybridized carbons (Fsp3) is 0.500. The van der Waals surface area contributed by atoms with Crippen molar-refractivity contribution in [2.24, 2.45) is 5.73 Å². The van der Waals surface area contributed by atoms with Crippen LogP contribution in [0.1, 0.15) is 23.2 Å². The molecule has 1 aliphatic rings. The van der Waals surface area contributed by atoms with Gasteiger partial charge in [-0.3, -0.25) is 4.79 Å². The molecule has 2 N–H and O–H groups in total. The van der Waals surface area contributed by atoms with Crippen molar-refractivity contribution < 1.29 is 4.79 Å². The van der Waals surface area contributed by atoms with Gasteiger partial charge in [0.15, 0.2) is 0 Å². The Morgan fingerprint density at radius 1 is 1.39 bits per heavy atom. The minimum absolute atomic E-state index is 0.105. The quantitative estimate of drug-likeness (QED) is 0.876. The lowest BCUT2D eigenvalue weighted by Gasteiger charge is -2.23. The van der Waals surface area contributed by atoms with Crippen LogP contribution in [0.2, 0.25) is 0 Å². The van der Waals surface area contributed by atoms with Gasteiger partial charge in [0.1, 0.15) is 0 Å². The predicted molar refractivity (Wildman–Crippen MR) is 73.9 cm³/mol. The van der Waals surface area contributed by atoms with Gasteiger partial charge in [0, 0.05) is 44.5 Å². The first-order chi connectivity index (χ1) is 8.63. The van der Waals surface area contributed by atoms with E-state index in [2.05, 4.69) is 0 Å². The van der Waals surface area contributed by atoms with Crippen molar-refractivity contribution in [2.45, 2.75) is 18.9 Å². The smallest absolute Gasteiger partial charge is 0.254 e. The summed E-state index contributed by atoms with van der Waals surface area (Å²) in [6.45, 7) is 1.39. The van der Waals surface area contributed by atoms with E-state index in [-0.39, 0.29) is 11.9 Å². The number of hydrogen-bond donors (Lipinski definition) is 1. The van der Waals surface area contributed by atoms with Crippen molar-refractivity contribution in [1.82, 2.24) is 4.90 Å². The number of hydrogen-bond acceptors (Lipinski definition) is 3. The molecule has 1 amide bonds. The molecule has 1 fully saturated rings. The van der Waals surface area contributed by atoms with Crippen molar-refractivity contribution in [2.75, 3.05) is 32.1 Å². The summed E-state index contributed by atoms with van der Waals surface area (Å²) in [6, 6.07) is 7.94. The summed E-state index contributed by atoms with van der Waals surface area (Å²) >= 11 is 0. The normalized spacial score (nSPS) is 19.1. The number of carbonyl (C=O) groups is 1. The second-order valence-corrected chi connectivity index (χ2v) is 4.97. The van der Waals surface area contributed by atoms with Gasteiger partial charge in [0.05, 0.1) is 0 Å². The average molecular weight is 247 g/mol. The second-order valence-electron chi connectivity index (χ2n) is 4.97. The molecule has 1 saturated heterocycles. The number of nitrogens with zero attached hydrogens (tertiary/aromatic N) is 2. The molecule has 1 aromatic rings. The van der Waals surface area contributed by atoms with E-state index in [9.17, 15) is 4.79 Å². The Labute approximate surface area is 108 Å². The monoisotopic (exact) mass is 247 g/mol. The van der Waals surface area contributed by atoms with Crippen LogP contribution in [0.15, 0.2) is 24.3 Å². The topological polar surface area (TPSA) is 49.6 Å². The summed E-state index contributed by atoms with van der Waals surface area (Å²) in [7, 11) is 3.98. The van der Waals surface area contributed by atoms with Crippen molar-refractivity contribution in [3.05, 3.63) is 29.8 Å². The van der Waals surface area contributed by atoms with Gasteiger partial charge >= 0.3 is 0 Å². The molecule has 0 spiro atoms. The minimum atomic E-state index is 0.105. The van der Waals surface area contributed by atoms with Crippen LogP contribution < -0.4 is 10.6 Å². The molecule has 1 heterocycles. The Morgan fingerprint density at radius 2 is 2.06 bits per heavy atom. The maximum Gasteiger partial charge on any atom is 0.254 e. The summed E-state index contributed by atoms with van der Waals surface area (Å²) in [5, 5.41) is 0. The molecule has 1 aromatic carbocycles. The summed E-state index contributed by atoms with van der Waals surface area (Å²) in [6.07, 6.45) is 2.08. The van der Waals surface area contributed by atoms with Crippen LogP contribution in [-0.4, -0.2) is 44.0 Å². The Kier molecular flexibility index (Phi) is 3.87. The van der Waals surface area contributed by atoms with E-state index in [1.165, 1.54) is 0 Å². The van der Waals surface area contributed by atoms with Gasteiger partial charge in [-0.25, -0.2) is 0 Å². The Balaban J connectivity index is 2.13. The maximum atomic E-state index is 12.4. The number of likely N-dealkylation sites (tertiary alicyclic amines) is 1. The van der Waals surface area contributed by atoms with Gasteiger partial charge in [0.25, 0.3) is 5.91 Å². The van der Waals surface area contributed by atoms with Crippen LogP contribution in [0.5, 0.6) is 0 Å². The zero-order valence-electron chi connectivity index (χ0n) is 11.1. The number of nitrogens with two attached hydrogens (primary N) is 1. The average Bonchev–Trinajstić information content (AvgIpc) is 2.86. The molecule has 1 atom stereocenters. The van der Waals surface area contributed by atoms with Crippen LogP contribution in [-0.2, 0) is 0 Å². The van der Waals surface area contributed by atoms with Crippen LogP contribution in [0.3, 0.4) is 0 Å². The zero-order chi connectivity index (χ0) is 13.1. The highest BCUT2D eigenvalue weighted by Crippen LogP contribution is 2.20. The summed E-state index contributed by atoms with van der Waals surface area (Å²) < 4.78 is 0. The van der Waals surface area contributed by atoms with Gasteiger partial charge in [-0.2, -0.15) is 0 Å². The van der Waals surface area contributed by atoms with Crippen LogP contribution >= 0.6 is 0 Å². The minimum Gasteiger partial charge on any atom is -0.378 e. The van der Waals surface area contributed by atoms with Crippen LogP contribution in [0, 0.1) is 0 Å². The molecule has 4 heteroatoms. The van der Waals surface area contributed by atoms with Crippen molar-refractivity contribution in [3.8, 4) is 0 Å². The SMILES string of the molecule is CN(C)c1ccc(C(=O)N2CCCC2CN)cc1. The van der Waals surface area contributed by atoms with Crippen molar-refractivity contribution in [1.29, 1.82) is 0 Å². The lowest BCUT2D eigenvalue weighted by molar-refractivity contribution is 0.0741. The first kappa shape index (κ1) is 12.9. The van der Waals surface area contributed by atoms with Crippen molar-refractivity contribution >= 4 is 11.6 Å². The molecule has 1 unspecified atom stereocenters. The number of rotatable bonds is 3. The van der Waals surface area contributed by atoms with Crippen molar-refractivity contribution in [3.63, 3.8) is 0 Å². The Morgan fingerprint density at radius 3 is 2.61 bits per heavy atom. The third-order valence-corrected chi connectivity index (χ3v) is 3.54. The molecule has 0 aliphatic carbocycles. The molecule has 0 aromatic heterocycles. The largest absolute Gasteiger partial charge is 0.378 e. The van der Waals surface area contributed by atoms with Gasteiger partial charge in [0.2, 0.25) is 0 Å². The molecular weight excluding hydrogens is 226 g/mol. The molecule has 0 radical (unpaired) electrons. The predicted octanol–water partition coefficient (Wildman–Crippen LogP) is 1.32. The van der Waals surface area contributed by atoms with Gasteiger partial charge in [-0.1, -0.05) is 0 Å². The summed E-state index contributed by atoms with van der Waals surface area (Å²) in [5.74, 6) is 0.105. The standard InChI is InChI=1S/C14H21N3O/c1-16(2)12-7-5-11(6-8-12)14(18)17-9-3-4-13(17)10-15/h5-8,13H,3-4,9-10,15H2,1-2H3. The van der Waals surface area contributed by atoms with E-state index >= 15 is 0 Å². The fourth-order valence-corrected chi connectivity index (χ4v) is 2.42. The highest BCUT2D eigenvalue weighted by atomic mass is 16.2. The van der Waals surface area contributed by atoms with E-state index in [1.54, 1.807) is 0 Å². The van der Waals surface area contributed by atoms with Gasteiger partial charge in [-0.15, -0.1) is 0 Å².